The zero-order chi connectivity index (χ0) is 38.8. The molecule has 6 aromatic rings. The normalized spacial score (nSPS) is 19.8. The van der Waals surface area contributed by atoms with Crippen molar-refractivity contribution in [1.29, 1.82) is 0 Å². The average molecular weight is 749 g/mol. The maximum atomic E-state index is 2.60. The zero-order valence-corrected chi connectivity index (χ0v) is 33.1. The highest BCUT2D eigenvalue weighted by molar-refractivity contribution is 5.95. The fraction of sp³-hybridized carbons (Fsp3) is 0.143. The van der Waals surface area contributed by atoms with Crippen molar-refractivity contribution in [3.63, 3.8) is 0 Å². The Hall–Kier alpha value is -6.64. The van der Waals surface area contributed by atoms with E-state index in [1.807, 2.05) is 0 Å². The van der Waals surface area contributed by atoms with Crippen LogP contribution in [-0.2, 0) is 6.42 Å². The molecule has 0 saturated heterocycles. The molecule has 1 aromatic heterocycles. The van der Waals surface area contributed by atoms with Crippen LogP contribution in [0.3, 0.4) is 0 Å². The van der Waals surface area contributed by atoms with Crippen molar-refractivity contribution in [1.82, 2.24) is 4.57 Å². The van der Waals surface area contributed by atoms with Crippen molar-refractivity contribution in [3.05, 3.63) is 240 Å². The molecule has 1 heterocycles. The second kappa shape index (κ2) is 15.7. The van der Waals surface area contributed by atoms with Gasteiger partial charge in [-0.05, 0) is 101 Å². The minimum absolute atomic E-state index is 0.270. The Kier molecular flexibility index (Phi) is 9.69. The molecule has 3 unspecified atom stereocenters. The van der Waals surface area contributed by atoms with E-state index in [-0.39, 0.29) is 6.04 Å². The Morgan fingerprint density at radius 3 is 2.05 bits per heavy atom. The van der Waals surface area contributed by atoms with Crippen molar-refractivity contribution in [3.8, 4) is 22.3 Å². The Morgan fingerprint density at radius 2 is 1.34 bits per heavy atom. The average Bonchev–Trinajstić information content (AvgIpc) is 3.40. The molecule has 282 valence electrons. The van der Waals surface area contributed by atoms with E-state index in [1.54, 1.807) is 0 Å². The third-order valence-corrected chi connectivity index (χ3v) is 12.4. The summed E-state index contributed by atoms with van der Waals surface area (Å²) < 4.78 is 2.60. The Bertz CT molecular complexity index is 2710. The van der Waals surface area contributed by atoms with E-state index < -0.39 is 0 Å². The smallest absolute Gasteiger partial charge is 0.0557 e. The predicted octanol–water partition coefficient (Wildman–Crippen LogP) is 14.5. The van der Waals surface area contributed by atoms with Gasteiger partial charge in [0.05, 0.1) is 6.04 Å². The number of hydrogen-bond donors (Lipinski definition) is 0. The van der Waals surface area contributed by atoms with E-state index in [9.17, 15) is 0 Å². The quantitative estimate of drug-likeness (QED) is 0.150. The van der Waals surface area contributed by atoms with Crippen LogP contribution < -0.4 is 4.90 Å². The minimum Gasteiger partial charge on any atom is -0.336 e. The lowest BCUT2D eigenvalue weighted by Gasteiger charge is -2.34. The standard InChI is InChI=1S/C56H48N2/c1-40-22-30-51(39-53(40)46-18-10-4-11-19-46)57(48-31-23-43(24-32-48)41-14-6-2-7-15-41)49-33-25-44(26-34-49)45-27-35-50(36-28-45)58-55-21-13-5-12-20-52(55)54-38-47(29-37-56(54)58)42-16-8-3-9-17-42/h2-20,22-25,27-33,35,37-40,50,53H,21,26,34,36H2,1H3. The molecule has 0 N–H and O–H groups in total. The van der Waals surface area contributed by atoms with E-state index in [1.165, 1.54) is 78.2 Å². The van der Waals surface area contributed by atoms with Gasteiger partial charge in [-0.1, -0.05) is 177 Å². The van der Waals surface area contributed by atoms with E-state index in [0.717, 1.165) is 25.7 Å². The van der Waals surface area contributed by atoms with Gasteiger partial charge in [0, 0.05) is 51.6 Å². The SMILES string of the molecule is CC1C=CC(N(C2=CC=C(C3=CCC(n4c5c(c6cc(-c7ccccc7)ccc64)C=CC=CC5)C=C3)CC2)c2ccc(-c3ccccc3)cc2)=CC1c1ccccc1. The Morgan fingerprint density at radius 1 is 0.638 bits per heavy atom. The molecule has 0 saturated carbocycles. The molecule has 4 aliphatic carbocycles. The van der Waals surface area contributed by atoms with Crippen LogP contribution in [0.5, 0.6) is 0 Å². The molecule has 0 spiro atoms. The number of hydrogen-bond acceptors (Lipinski definition) is 1. The molecular weight excluding hydrogens is 701 g/mol. The molecule has 2 nitrogen and oxygen atoms in total. The number of allylic oxidation sites excluding steroid dienone is 14. The summed E-state index contributed by atoms with van der Waals surface area (Å²) >= 11 is 0. The molecule has 58 heavy (non-hydrogen) atoms. The van der Waals surface area contributed by atoms with Crippen molar-refractivity contribution in [2.24, 2.45) is 5.92 Å². The van der Waals surface area contributed by atoms with Crippen molar-refractivity contribution >= 4 is 22.7 Å². The number of aromatic nitrogens is 1. The summed E-state index contributed by atoms with van der Waals surface area (Å²) in [4.78, 5) is 2.50. The van der Waals surface area contributed by atoms with Crippen LogP contribution in [0.1, 0.15) is 55.0 Å². The summed E-state index contributed by atoms with van der Waals surface area (Å²) in [6, 6.07) is 48.8. The van der Waals surface area contributed by atoms with Crippen LogP contribution >= 0.6 is 0 Å². The van der Waals surface area contributed by atoms with Crippen LogP contribution in [0.25, 0.3) is 39.2 Å². The topological polar surface area (TPSA) is 8.17 Å². The van der Waals surface area contributed by atoms with Gasteiger partial charge in [-0.3, -0.25) is 0 Å². The largest absolute Gasteiger partial charge is 0.336 e. The van der Waals surface area contributed by atoms with Crippen LogP contribution in [0.4, 0.5) is 5.69 Å². The molecule has 0 amide bonds. The van der Waals surface area contributed by atoms with E-state index >= 15 is 0 Å². The van der Waals surface area contributed by atoms with Crippen molar-refractivity contribution < 1.29 is 0 Å². The monoisotopic (exact) mass is 748 g/mol. The number of fused-ring (bicyclic) bond motifs is 3. The maximum absolute atomic E-state index is 2.60. The fourth-order valence-corrected chi connectivity index (χ4v) is 9.38. The number of rotatable bonds is 8. The number of nitrogens with zero attached hydrogens (tertiary/aromatic N) is 2. The van der Waals surface area contributed by atoms with Crippen molar-refractivity contribution in [2.45, 2.75) is 44.6 Å². The third-order valence-electron chi connectivity index (χ3n) is 12.4. The lowest BCUT2D eigenvalue weighted by Crippen LogP contribution is -2.25. The first kappa shape index (κ1) is 35.8. The maximum Gasteiger partial charge on any atom is 0.0557 e. The van der Waals surface area contributed by atoms with Crippen molar-refractivity contribution in [2.75, 3.05) is 4.90 Å². The molecule has 4 aliphatic rings. The summed E-state index contributed by atoms with van der Waals surface area (Å²) in [7, 11) is 0. The highest BCUT2D eigenvalue weighted by Gasteiger charge is 2.26. The molecule has 0 fully saturated rings. The zero-order valence-electron chi connectivity index (χ0n) is 33.1. The van der Waals surface area contributed by atoms with E-state index in [0.29, 0.717) is 11.8 Å². The first-order chi connectivity index (χ1) is 28.7. The molecule has 0 bridgehead atoms. The summed E-state index contributed by atoms with van der Waals surface area (Å²) in [5.74, 6) is 0.742. The van der Waals surface area contributed by atoms with Gasteiger partial charge >= 0.3 is 0 Å². The first-order valence-electron chi connectivity index (χ1n) is 20.9. The number of benzene rings is 5. The molecule has 2 heteroatoms. The summed E-state index contributed by atoms with van der Waals surface area (Å²) in [6.45, 7) is 2.33. The first-order valence-corrected chi connectivity index (χ1v) is 20.9. The van der Waals surface area contributed by atoms with Gasteiger partial charge in [0.1, 0.15) is 0 Å². The molecule has 10 rings (SSSR count). The van der Waals surface area contributed by atoms with Gasteiger partial charge in [-0.25, -0.2) is 0 Å². The van der Waals surface area contributed by atoms with Crippen LogP contribution in [0.15, 0.2) is 223 Å². The lowest BCUT2D eigenvalue weighted by molar-refractivity contribution is 0.605. The lowest BCUT2D eigenvalue weighted by atomic mass is 9.83. The Balaban J connectivity index is 0.953. The molecule has 0 aliphatic heterocycles. The van der Waals surface area contributed by atoms with Gasteiger partial charge in [0.15, 0.2) is 0 Å². The van der Waals surface area contributed by atoms with Gasteiger partial charge in [0.25, 0.3) is 0 Å². The van der Waals surface area contributed by atoms with Gasteiger partial charge < -0.3 is 9.47 Å². The van der Waals surface area contributed by atoms with E-state index in [4.69, 9.17) is 0 Å². The second-order valence-corrected chi connectivity index (χ2v) is 16.0. The highest BCUT2D eigenvalue weighted by Crippen LogP contribution is 2.41. The molecule has 3 atom stereocenters. The van der Waals surface area contributed by atoms with E-state index in [2.05, 4.69) is 223 Å². The van der Waals surface area contributed by atoms with Crippen LogP contribution in [0.2, 0.25) is 0 Å². The summed E-state index contributed by atoms with van der Waals surface area (Å²) in [6.07, 6.45) is 32.1. The molecule has 0 radical (unpaired) electrons. The number of anilines is 1. The minimum atomic E-state index is 0.270. The fourth-order valence-electron chi connectivity index (χ4n) is 9.38. The van der Waals surface area contributed by atoms with Crippen LogP contribution in [0, 0.1) is 5.92 Å². The molecular formula is C56H48N2. The summed E-state index contributed by atoms with van der Waals surface area (Å²) in [5.41, 5.74) is 16.9. The summed E-state index contributed by atoms with van der Waals surface area (Å²) in [5, 5.41) is 1.33. The van der Waals surface area contributed by atoms with Gasteiger partial charge in [-0.15, -0.1) is 0 Å². The third kappa shape index (κ3) is 6.90. The van der Waals surface area contributed by atoms with Gasteiger partial charge in [-0.2, -0.15) is 0 Å². The highest BCUT2D eigenvalue weighted by atomic mass is 15.2. The molecule has 5 aromatic carbocycles. The van der Waals surface area contributed by atoms with Crippen LogP contribution in [-0.4, -0.2) is 4.57 Å². The second-order valence-electron chi connectivity index (χ2n) is 16.0. The predicted molar refractivity (Wildman–Crippen MR) is 245 cm³/mol. The Labute approximate surface area is 343 Å². The van der Waals surface area contributed by atoms with Gasteiger partial charge in [0.2, 0.25) is 0 Å².